The van der Waals surface area contributed by atoms with Crippen LogP contribution in [0.2, 0.25) is 0 Å². The Hall–Kier alpha value is -4.31. The summed E-state index contributed by atoms with van der Waals surface area (Å²) in [5.74, 6) is -1.07. The highest BCUT2D eigenvalue weighted by molar-refractivity contribution is 7.12. The van der Waals surface area contributed by atoms with E-state index >= 15 is 0 Å². The standard InChI is InChI=1S/C28H26N4O5S/c1-2-37-28(36)23-25(30-13-15-31(16-14-30)26(34)22-11-7-17-38-22)24-20(10-6-12-29-24)32(27(23)35)18-21(33)19-8-4-3-5-9-19/h3-12,17H,2,13-16,18H2,1H3. The molecule has 0 bridgehead atoms. The van der Waals surface area contributed by atoms with Gasteiger partial charge in [0.15, 0.2) is 11.3 Å². The molecule has 0 spiro atoms. The summed E-state index contributed by atoms with van der Waals surface area (Å²) in [7, 11) is 0. The van der Waals surface area contributed by atoms with E-state index in [1.807, 2.05) is 22.4 Å². The number of ketones is 1. The van der Waals surface area contributed by atoms with Crippen LogP contribution in [0.1, 0.15) is 37.3 Å². The van der Waals surface area contributed by atoms with Gasteiger partial charge < -0.3 is 14.5 Å². The predicted molar refractivity (Wildman–Crippen MR) is 145 cm³/mol. The van der Waals surface area contributed by atoms with Crippen LogP contribution < -0.4 is 10.5 Å². The highest BCUT2D eigenvalue weighted by Crippen LogP contribution is 2.29. The number of carbonyl (C=O) groups excluding carboxylic acids is 3. The van der Waals surface area contributed by atoms with Crippen LogP contribution in [-0.2, 0) is 11.3 Å². The van der Waals surface area contributed by atoms with E-state index in [2.05, 4.69) is 4.98 Å². The van der Waals surface area contributed by atoms with Gasteiger partial charge in [-0.2, -0.15) is 0 Å². The zero-order chi connectivity index (χ0) is 26.6. The zero-order valence-corrected chi connectivity index (χ0v) is 21.6. The van der Waals surface area contributed by atoms with Gasteiger partial charge in [0, 0.05) is 37.9 Å². The molecule has 3 aromatic heterocycles. The van der Waals surface area contributed by atoms with E-state index in [1.165, 1.54) is 15.9 Å². The van der Waals surface area contributed by atoms with E-state index < -0.39 is 11.5 Å². The lowest BCUT2D eigenvalue weighted by Crippen LogP contribution is -2.49. The molecule has 4 aromatic rings. The highest BCUT2D eigenvalue weighted by atomic mass is 32.1. The van der Waals surface area contributed by atoms with Crippen molar-refractivity contribution in [3.8, 4) is 0 Å². The fraction of sp³-hybridized carbons (Fsp3) is 0.250. The number of hydrogen-bond donors (Lipinski definition) is 0. The van der Waals surface area contributed by atoms with E-state index in [0.717, 1.165) is 0 Å². The lowest BCUT2D eigenvalue weighted by Gasteiger charge is -2.37. The number of thiophene rings is 1. The van der Waals surface area contributed by atoms with E-state index in [1.54, 1.807) is 60.5 Å². The molecule has 194 valence electrons. The van der Waals surface area contributed by atoms with Gasteiger partial charge in [0.05, 0.1) is 29.2 Å². The number of pyridine rings is 2. The largest absolute Gasteiger partial charge is 0.462 e. The fourth-order valence-corrected chi connectivity index (χ4v) is 5.35. The highest BCUT2D eigenvalue weighted by Gasteiger charge is 2.31. The quantitative estimate of drug-likeness (QED) is 0.266. The summed E-state index contributed by atoms with van der Waals surface area (Å²) in [5, 5.41) is 1.87. The predicted octanol–water partition coefficient (Wildman–Crippen LogP) is 3.48. The number of aromatic nitrogens is 2. The van der Waals surface area contributed by atoms with Crippen molar-refractivity contribution in [2.75, 3.05) is 37.7 Å². The Kier molecular flexibility index (Phi) is 7.32. The molecule has 1 aliphatic heterocycles. The van der Waals surface area contributed by atoms with Crippen LogP contribution in [0.25, 0.3) is 11.0 Å². The molecule has 10 heteroatoms. The topological polar surface area (TPSA) is 102 Å². The molecule has 4 heterocycles. The maximum Gasteiger partial charge on any atom is 0.346 e. The summed E-state index contributed by atoms with van der Waals surface area (Å²) in [6, 6.07) is 15.7. The van der Waals surface area contributed by atoms with Crippen LogP contribution in [0.5, 0.6) is 0 Å². The van der Waals surface area contributed by atoms with Gasteiger partial charge in [-0.3, -0.25) is 23.9 Å². The number of esters is 1. The molecule has 1 saturated heterocycles. The molecule has 0 saturated carbocycles. The van der Waals surface area contributed by atoms with Crippen LogP contribution >= 0.6 is 11.3 Å². The molecular weight excluding hydrogens is 504 g/mol. The summed E-state index contributed by atoms with van der Waals surface area (Å²) in [6.07, 6.45) is 1.59. The first-order chi connectivity index (χ1) is 18.5. The molecule has 38 heavy (non-hydrogen) atoms. The van der Waals surface area contributed by atoms with Crippen LogP contribution in [0.4, 0.5) is 5.69 Å². The monoisotopic (exact) mass is 530 g/mol. The third-order valence-electron chi connectivity index (χ3n) is 6.49. The Bertz CT molecular complexity index is 1540. The van der Waals surface area contributed by atoms with Crippen molar-refractivity contribution >= 4 is 45.7 Å². The van der Waals surface area contributed by atoms with Gasteiger partial charge in [-0.05, 0) is 30.5 Å². The number of nitrogens with zero attached hydrogens (tertiary/aromatic N) is 4. The Morgan fingerprint density at radius 1 is 0.974 bits per heavy atom. The van der Waals surface area contributed by atoms with Crippen molar-refractivity contribution in [2.45, 2.75) is 13.5 Å². The average Bonchev–Trinajstić information content (AvgIpc) is 3.49. The van der Waals surface area contributed by atoms with Crippen LogP contribution in [0.15, 0.2) is 71.0 Å². The molecule has 0 atom stereocenters. The van der Waals surface area contributed by atoms with Gasteiger partial charge in [-0.25, -0.2) is 4.79 Å². The lowest BCUT2D eigenvalue weighted by atomic mass is 10.1. The van der Waals surface area contributed by atoms with Crippen molar-refractivity contribution in [3.63, 3.8) is 0 Å². The van der Waals surface area contributed by atoms with E-state index in [4.69, 9.17) is 4.74 Å². The smallest absolute Gasteiger partial charge is 0.346 e. The first-order valence-electron chi connectivity index (χ1n) is 12.3. The van der Waals surface area contributed by atoms with E-state index in [9.17, 15) is 19.2 Å². The summed E-state index contributed by atoms with van der Waals surface area (Å²) in [4.78, 5) is 61.8. The Labute approximate surface area is 222 Å². The average molecular weight is 531 g/mol. The number of rotatable bonds is 7. The Morgan fingerprint density at radius 2 is 1.74 bits per heavy atom. The van der Waals surface area contributed by atoms with E-state index in [-0.39, 0.29) is 30.4 Å². The maximum absolute atomic E-state index is 13.8. The minimum atomic E-state index is -0.766. The summed E-state index contributed by atoms with van der Waals surface area (Å²) < 4.78 is 6.58. The van der Waals surface area contributed by atoms with Gasteiger partial charge >= 0.3 is 5.97 Å². The van der Waals surface area contributed by atoms with E-state index in [0.29, 0.717) is 53.3 Å². The Morgan fingerprint density at radius 3 is 2.42 bits per heavy atom. The maximum atomic E-state index is 13.8. The normalized spacial score (nSPS) is 13.5. The molecule has 1 aromatic carbocycles. The second-order valence-electron chi connectivity index (χ2n) is 8.75. The van der Waals surface area contributed by atoms with Gasteiger partial charge in [0.25, 0.3) is 11.5 Å². The summed E-state index contributed by atoms with van der Waals surface area (Å²) in [6.45, 7) is 3.16. The lowest BCUT2D eigenvalue weighted by molar-refractivity contribution is 0.0523. The molecule has 1 amide bonds. The minimum absolute atomic E-state index is 0.0388. The van der Waals surface area contributed by atoms with Crippen molar-refractivity contribution in [2.24, 2.45) is 0 Å². The molecule has 1 aliphatic rings. The van der Waals surface area contributed by atoms with Gasteiger partial charge in [0.2, 0.25) is 0 Å². The molecule has 5 rings (SSSR count). The molecule has 0 unspecified atom stereocenters. The van der Waals surface area contributed by atoms with Crippen LogP contribution in [0.3, 0.4) is 0 Å². The summed E-state index contributed by atoms with van der Waals surface area (Å²) in [5.41, 5.74) is 0.939. The minimum Gasteiger partial charge on any atom is -0.462 e. The van der Waals surface area contributed by atoms with Crippen molar-refractivity contribution in [1.82, 2.24) is 14.5 Å². The number of carbonyl (C=O) groups is 3. The van der Waals surface area contributed by atoms with Crippen LogP contribution in [0, 0.1) is 0 Å². The van der Waals surface area contributed by atoms with Gasteiger partial charge in [-0.1, -0.05) is 36.4 Å². The number of hydrogen-bond acceptors (Lipinski definition) is 8. The van der Waals surface area contributed by atoms with Crippen molar-refractivity contribution < 1.29 is 19.1 Å². The number of Topliss-reactive ketones (excluding diaryl/α,β-unsaturated/α-hetero) is 1. The third kappa shape index (κ3) is 4.82. The van der Waals surface area contributed by atoms with Crippen molar-refractivity contribution in [3.05, 3.63) is 92.5 Å². The van der Waals surface area contributed by atoms with Gasteiger partial charge in [0.1, 0.15) is 5.52 Å². The first kappa shape index (κ1) is 25.3. The molecule has 0 aliphatic carbocycles. The number of anilines is 1. The van der Waals surface area contributed by atoms with Crippen LogP contribution in [-0.4, -0.2) is 64.9 Å². The number of benzene rings is 1. The zero-order valence-electron chi connectivity index (χ0n) is 20.8. The second-order valence-corrected chi connectivity index (χ2v) is 9.70. The molecule has 0 radical (unpaired) electrons. The fourth-order valence-electron chi connectivity index (χ4n) is 4.66. The molecular formula is C28H26N4O5S. The number of fused-ring (bicyclic) bond motifs is 1. The third-order valence-corrected chi connectivity index (χ3v) is 7.35. The van der Waals surface area contributed by atoms with Crippen molar-refractivity contribution in [1.29, 1.82) is 0 Å². The number of piperazine rings is 1. The SMILES string of the molecule is CCOC(=O)c1c(N2CCN(C(=O)c3cccs3)CC2)c2ncccc2n(CC(=O)c2ccccc2)c1=O. The number of ether oxygens (including phenoxy) is 1. The molecule has 0 N–H and O–H groups in total. The first-order valence-corrected chi connectivity index (χ1v) is 13.2. The van der Waals surface area contributed by atoms with Gasteiger partial charge in [-0.15, -0.1) is 11.3 Å². The Balaban J connectivity index is 1.56. The summed E-state index contributed by atoms with van der Waals surface area (Å²) >= 11 is 1.39. The number of amides is 1. The second kappa shape index (κ2) is 11.0. The molecule has 1 fully saturated rings. The molecule has 9 nitrogen and oxygen atoms in total.